The Morgan fingerprint density at radius 2 is 1.65 bits per heavy atom. The maximum atomic E-state index is 11.7. The highest BCUT2D eigenvalue weighted by atomic mass is 16.5. The molecular weight excluding hydrogens is 248 g/mol. The smallest absolute Gasteiger partial charge is 0.330 e. The second-order valence-corrected chi connectivity index (χ2v) is 7.61. The van der Waals surface area contributed by atoms with Crippen LogP contribution in [0.25, 0.3) is 0 Å². The average Bonchev–Trinajstić information content (AvgIpc) is 3.04. The van der Waals surface area contributed by atoms with Crippen LogP contribution in [0.2, 0.25) is 0 Å². The second kappa shape index (κ2) is 4.89. The number of carbonyl (C=O) groups excluding carboxylic acids is 1. The van der Waals surface area contributed by atoms with Gasteiger partial charge in [-0.15, -0.1) is 0 Å². The van der Waals surface area contributed by atoms with E-state index in [1.807, 2.05) is 0 Å². The summed E-state index contributed by atoms with van der Waals surface area (Å²) >= 11 is 0. The quantitative estimate of drug-likeness (QED) is 0.563. The van der Waals surface area contributed by atoms with Gasteiger partial charge in [-0.05, 0) is 48.9 Å². The van der Waals surface area contributed by atoms with E-state index in [-0.39, 0.29) is 12.1 Å². The molecule has 0 spiro atoms. The Morgan fingerprint density at radius 3 is 2.45 bits per heavy atom. The first kappa shape index (κ1) is 12.9. The largest absolute Gasteiger partial charge is 0.459 e. The molecule has 0 heterocycles. The number of hydrogen-bond donors (Lipinski definition) is 0. The van der Waals surface area contributed by atoms with E-state index in [1.165, 1.54) is 51.0 Å². The molecule has 4 aliphatic rings. The summed E-state index contributed by atoms with van der Waals surface area (Å²) < 4.78 is 5.79. The van der Waals surface area contributed by atoms with Crippen LogP contribution in [-0.2, 0) is 9.53 Å². The molecule has 0 aromatic rings. The monoisotopic (exact) mass is 274 g/mol. The predicted molar refractivity (Wildman–Crippen MR) is 78.0 cm³/mol. The van der Waals surface area contributed by atoms with E-state index in [4.69, 9.17) is 4.74 Å². The molecule has 7 unspecified atom stereocenters. The average molecular weight is 274 g/mol. The number of hydrogen-bond acceptors (Lipinski definition) is 2. The minimum absolute atomic E-state index is 0.196. The number of fused-ring (bicyclic) bond motifs is 2. The van der Waals surface area contributed by atoms with Crippen LogP contribution >= 0.6 is 0 Å². The van der Waals surface area contributed by atoms with E-state index in [0.29, 0.717) is 5.92 Å². The lowest BCUT2D eigenvalue weighted by atomic mass is 9.58. The molecule has 0 aromatic heterocycles. The Bertz CT molecular complexity index is 416. The van der Waals surface area contributed by atoms with Crippen LogP contribution in [0.1, 0.15) is 51.4 Å². The Hall–Kier alpha value is -0.790. The summed E-state index contributed by atoms with van der Waals surface area (Å²) in [6.45, 7) is 3.57. The van der Waals surface area contributed by atoms with Crippen molar-refractivity contribution in [2.75, 3.05) is 0 Å². The molecule has 0 amide bonds. The van der Waals surface area contributed by atoms with Crippen LogP contribution < -0.4 is 0 Å². The Labute approximate surface area is 122 Å². The predicted octanol–water partition coefficient (Wildman–Crippen LogP) is 3.96. The van der Waals surface area contributed by atoms with Gasteiger partial charge < -0.3 is 4.74 Å². The number of esters is 1. The highest BCUT2D eigenvalue weighted by Gasteiger charge is 2.57. The van der Waals surface area contributed by atoms with Gasteiger partial charge >= 0.3 is 5.97 Å². The first-order valence-corrected chi connectivity index (χ1v) is 8.61. The van der Waals surface area contributed by atoms with Crippen molar-refractivity contribution in [2.45, 2.75) is 57.5 Å². The minimum Gasteiger partial charge on any atom is -0.459 e. The van der Waals surface area contributed by atoms with E-state index in [0.717, 1.165) is 36.0 Å². The minimum atomic E-state index is -0.203. The standard InChI is InChI=1S/C18H26O2/c1-2-16(19)20-15-10-13-7-3-6-12-9-11-5-4-8-14(11)18(15)17(12)13/h2,11-15,17-18H,1,3-10H2. The van der Waals surface area contributed by atoms with Gasteiger partial charge in [0.05, 0.1) is 0 Å². The summed E-state index contributed by atoms with van der Waals surface area (Å²) in [5.74, 6) is 4.89. The van der Waals surface area contributed by atoms with Crippen LogP contribution in [0.5, 0.6) is 0 Å². The second-order valence-electron chi connectivity index (χ2n) is 7.61. The molecule has 2 heteroatoms. The third-order valence-electron chi connectivity index (χ3n) is 6.90. The Kier molecular flexibility index (Phi) is 3.16. The summed E-state index contributed by atoms with van der Waals surface area (Å²) in [6, 6.07) is 0. The molecule has 0 bridgehead atoms. The zero-order valence-electron chi connectivity index (χ0n) is 12.3. The Morgan fingerprint density at radius 1 is 0.950 bits per heavy atom. The molecule has 4 saturated carbocycles. The normalized spacial score (nSPS) is 49.3. The first-order chi connectivity index (χ1) is 9.78. The molecule has 20 heavy (non-hydrogen) atoms. The lowest BCUT2D eigenvalue weighted by Gasteiger charge is -2.47. The maximum absolute atomic E-state index is 11.7. The van der Waals surface area contributed by atoms with Crippen molar-refractivity contribution >= 4 is 5.97 Å². The molecule has 0 saturated heterocycles. The van der Waals surface area contributed by atoms with Crippen molar-refractivity contribution in [3.05, 3.63) is 12.7 Å². The molecule has 0 radical (unpaired) electrons. The third kappa shape index (κ3) is 1.87. The summed E-state index contributed by atoms with van der Waals surface area (Å²) in [6.07, 6.45) is 12.6. The molecule has 110 valence electrons. The van der Waals surface area contributed by atoms with Gasteiger partial charge in [-0.2, -0.15) is 0 Å². The topological polar surface area (TPSA) is 26.3 Å². The van der Waals surface area contributed by atoms with Gasteiger partial charge in [0.25, 0.3) is 0 Å². The van der Waals surface area contributed by atoms with Gasteiger partial charge in [-0.3, -0.25) is 0 Å². The number of carbonyl (C=O) groups is 1. The molecular formula is C18H26O2. The highest BCUT2D eigenvalue weighted by molar-refractivity contribution is 5.81. The summed E-state index contributed by atoms with van der Waals surface area (Å²) in [5, 5.41) is 0. The van der Waals surface area contributed by atoms with Crippen LogP contribution in [0.4, 0.5) is 0 Å². The molecule has 4 aliphatic carbocycles. The van der Waals surface area contributed by atoms with E-state index in [2.05, 4.69) is 6.58 Å². The van der Waals surface area contributed by atoms with Crippen LogP contribution in [0.3, 0.4) is 0 Å². The molecule has 0 aliphatic heterocycles. The van der Waals surface area contributed by atoms with E-state index in [9.17, 15) is 4.79 Å². The van der Waals surface area contributed by atoms with Gasteiger partial charge in [-0.1, -0.05) is 38.7 Å². The summed E-state index contributed by atoms with van der Waals surface area (Å²) in [7, 11) is 0. The van der Waals surface area contributed by atoms with Crippen molar-refractivity contribution < 1.29 is 9.53 Å². The lowest BCUT2D eigenvalue weighted by Crippen LogP contribution is -2.43. The molecule has 7 atom stereocenters. The fourth-order valence-electron chi connectivity index (χ4n) is 6.43. The van der Waals surface area contributed by atoms with Crippen LogP contribution in [0, 0.1) is 35.5 Å². The van der Waals surface area contributed by atoms with E-state index in [1.54, 1.807) is 0 Å². The van der Waals surface area contributed by atoms with Crippen molar-refractivity contribution in [3.8, 4) is 0 Å². The zero-order chi connectivity index (χ0) is 13.7. The lowest BCUT2D eigenvalue weighted by molar-refractivity contribution is -0.147. The number of ether oxygens (including phenoxy) is 1. The van der Waals surface area contributed by atoms with Crippen LogP contribution in [-0.4, -0.2) is 12.1 Å². The first-order valence-electron chi connectivity index (χ1n) is 8.61. The number of rotatable bonds is 2. The fraction of sp³-hybridized carbons (Fsp3) is 0.833. The highest BCUT2D eigenvalue weighted by Crippen LogP contribution is 2.61. The van der Waals surface area contributed by atoms with E-state index < -0.39 is 0 Å². The Balaban J connectivity index is 1.62. The molecule has 2 nitrogen and oxygen atoms in total. The van der Waals surface area contributed by atoms with E-state index >= 15 is 0 Å². The zero-order valence-corrected chi connectivity index (χ0v) is 12.3. The van der Waals surface area contributed by atoms with Crippen molar-refractivity contribution in [1.29, 1.82) is 0 Å². The molecule has 4 rings (SSSR count). The molecule has 4 fully saturated rings. The van der Waals surface area contributed by atoms with Crippen LogP contribution in [0.15, 0.2) is 12.7 Å². The van der Waals surface area contributed by atoms with Gasteiger partial charge in [0.1, 0.15) is 6.10 Å². The third-order valence-corrected chi connectivity index (χ3v) is 6.90. The summed E-state index contributed by atoms with van der Waals surface area (Å²) in [4.78, 5) is 11.7. The van der Waals surface area contributed by atoms with Gasteiger partial charge in [0.2, 0.25) is 0 Å². The van der Waals surface area contributed by atoms with Gasteiger partial charge in [-0.25, -0.2) is 4.79 Å². The maximum Gasteiger partial charge on any atom is 0.330 e. The van der Waals surface area contributed by atoms with Crippen molar-refractivity contribution in [3.63, 3.8) is 0 Å². The van der Waals surface area contributed by atoms with Crippen molar-refractivity contribution in [1.82, 2.24) is 0 Å². The molecule has 0 N–H and O–H groups in total. The SMILES string of the molecule is C=CC(=O)OC1CC2CCCC3CC4CCCC4C1C32. The van der Waals surface area contributed by atoms with Crippen molar-refractivity contribution in [2.24, 2.45) is 35.5 Å². The van der Waals surface area contributed by atoms with Gasteiger partial charge in [0.15, 0.2) is 0 Å². The summed E-state index contributed by atoms with van der Waals surface area (Å²) in [5.41, 5.74) is 0. The molecule has 0 aromatic carbocycles. The fourth-order valence-corrected chi connectivity index (χ4v) is 6.43. The van der Waals surface area contributed by atoms with Gasteiger partial charge in [0, 0.05) is 12.0 Å².